The van der Waals surface area contributed by atoms with Crippen LogP contribution in [0.4, 0.5) is 0 Å². The third kappa shape index (κ3) is 4.22. The molecule has 3 rings (SSSR count). The summed E-state index contributed by atoms with van der Waals surface area (Å²) in [6.07, 6.45) is 0.358. The molecule has 23 heavy (non-hydrogen) atoms. The van der Waals surface area contributed by atoms with Crippen LogP contribution in [-0.2, 0) is 14.3 Å². The van der Waals surface area contributed by atoms with E-state index >= 15 is 0 Å². The monoisotopic (exact) mass is 339 g/mol. The van der Waals surface area contributed by atoms with Gasteiger partial charge >= 0.3 is 0 Å². The Bertz CT molecular complexity index is 535. The number of carbonyl (C=O) groups is 2. The summed E-state index contributed by atoms with van der Waals surface area (Å²) < 4.78 is 5.39. The van der Waals surface area contributed by atoms with Crippen LogP contribution in [0.5, 0.6) is 0 Å². The van der Waals surface area contributed by atoms with Crippen molar-refractivity contribution in [2.75, 3.05) is 32.8 Å². The number of ether oxygens (including phenoxy) is 1. The minimum absolute atomic E-state index is 0. The average Bonchev–Trinajstić information content (AvgIpc) is 2.56. The number of amides is 2. The van der Waals surface area contributed by atoms with Crippen LogP contribution in [0.15, 0.2) is 30.3 Å². The molecule has 2 N–H and O–H groups in total. The lowest BCUT2D eigenvalue weighted by Gasteiger charge is -2.36. The molecule has 0 aromatic heterocycles. The summed E-state index contributed by atoms with van der Waals surface area (Å²) in [7, 11) is 0. The fourth-order valence-electron chi connectivity index (χ4n) is 2.98. The number of rotatable bonds is 3. The second-order valence-corrected chi connectivity index (χ2v) is 5.62. The minimum atomic E-state index is -0.535. The summed E-state index contributed by atoms with van der Waals surface area (Å²) in [4.78, 5) is 26.6. The summed E-state index contributed by atoms with van der Waals surface area (Å²) in [5.74, 6) is -0.120. The van der Waals surface area contributed by atoms with Crippen LogP contribution >= 0.6 is 12.4 Å². The molecule has 2 heterocycles. The highest BCUT2D eigenvalue weighted by molar-refractivity contribution is 5.90. The molecule has 2 atom stereocenters. The summed E-state index contributed by atoms with van der Waals surface area (Å²) in [5, 5.41) is 6.13. The molecule has 0 spiro atoms. The van der Waals surface area contributed by atoms with E-state index in [1.807, 2.05) is 30.3 Å². The predicted molar refractivity (Wildman–Crippen MR) is 88.4 cm³/mol. The van der Waals surface area contributed by atoms with Crippen molar-refractivity contribution in [3.8, 4) is 0 Å². The van der Waals surface area contributed by atoms with Crippen molar-refractivity contribution in [3.05, 3.63) is 35.9 Å². The molecule has 6 nitrogen and oxygen atoms in total. The fraction of sp³-hybridized carbons (Fsp3) is 0.500. The first-order chi connectivity index (χ1) is 10.8. The lowest BCUT2D eigenvalue weighted by Crippen LogP contribution is -2.54. The van der Waals surface area contributed by atoms with Crippen LogP contribution in [0, 0.1) is 0 Å². The topological polar surface area (TPSA) is 70.7 Å². The summed E-state index contributed by atoms with van der Waals surface area (Å²) in [6.45, 7) is 3.03. The van der Waals surface area contributed by atoms with Crippen LogP contribution < -0.4 is 10.6 Å². The van der Waals surface area contributed by atoms with Gasteiger partial charge in [0.2, 0.25) is 11.8 Å². The Balaban J connectivity index is 0.00000192. The second-order valence-electron chi connectivity index (χ2n) is 5.62. The standard InChI is InChI=1S/C16H21N3O3.ClH/c20-14(10-13-11-22-9-7-17-13)19-8-6-18-16(21)15(19)12-4-2-1-3-5-12;/h1-5,13,15,17H,6-11H2,(H,18,21);1H. The smallest absolute Gasteiger partial charge is 0.247 e. The molecule has 0 aliphatic carbocycles. The quantitative estimate of drug-likeness (QED) is 0.840. The molecule has 0 bridgehead atoms. The van der Waals surface area contributed by atoms with Gasteiger partial charge < -0.3 is 20.3 Å². The summed E-state index contributed by atoms with van der Waals surface area (Å²) >= 11 is 0. The molecule has 2 amide bonds. The number of halogens is 1. The van der Waals surface area contributed by atoms with E-state index < -0.39 is 6.04 Å². The van der Waals surface area contributed by atoms with Gasteiger partial charge in [0.1, 0.15) is 6.04 Å². The highest BCUT2D eigenvalue weighted by Gasteiger charge is 2.35. The Hall–Kier alpha value is -1.63. The van der Waals surface area contributed by atoms with Gasteiger partial charge in [0.15, 0.2) is 0 Å². The molecule has 2 aliphatic rings. The van der Waals surface area contributed by atoms with Gasteiger partial charge in [-0.1, -0.05) is 30.3 Å². The van der Waals surface area contributed by atoms with E-state index in [9.17, 15) is 9.59 Å². The molecule has 2 unspecified atom stereocenters. The first-order valence-electron chi connectivity index (χ1n) is 7.69. The van der Waals surface area contributed by atoms with Crippen molar-refractivity contribution < 1.29 is 14.3 Å². The lowest BCUT2D eigenvalue weighted by molar-refractivity contribution is -0.144. The molecule has 2 fully saturated rings. The zero-order valence-corrected chi connectivity index (χ0v) is 13.7. The molecular formula is C16H22ClN3O3. The molecule has 0 radical (unpaired) electrons. The van der Waals surface area contributed by atoms with E-state index in [1.54, 1.807) is 4.90 Å². The Morgan fingerprint density at radius 2 is 2.04 bits per heavy atom. The number of hydrogen-bond acceptors (Lipinski definition) is 4. The van der Waals surface area contributed by atoms with Crippen LogP contribution in [0.1, 0.15) is 18.0 Å². The van der Waals surface area contributed by atoms with E-state index in [2.05, 4.69) is 10.6 Å². The SMILES string of the molecule is Cl.O=C1NCCN(C(=O)CC2COCCN2)C1c1ccccc1. The Kier molecular flexibility index (Phi) is 6.38. The third-order valence-corrected chi connectivity index (χ3v) is 4.07. The second kappa shape index (κ2) is 8.29. The lowest BCUT2D eigenvalue weighted by atomic mass is 10.0. The number of piperazine rings is 1. The van der Waals surface area contributed by atoms with E-state index in [0.29, 0.717) is 32.7 Å². The highest BCUT2D eigenvalue weighted by Crippen LogP contribution is 2.24. The number of nitrogens with zero attached hydrogens (tertiary/aromatic N) is 1. The zero-order chi connectivity index (χ0) is 15.4. The normalized spacial score (nSPS) is 24.5. The average molecular weight is 340 g/mol. The number of benzene rings is 1. The molecule has 1 aromatic rings. The van der Waals surface area contributed by atoms with Crippen molar-refractivity contribution in [1.82, 2.24) is 15.5 Å². The van der Waals surface area contributed by atoms with Crippen LogP contribution in [-0.4, -0.2) is 55.6 Å². The van der Waals surface area contributed by atoms with Crippen molar-refractivity contribution in [2.24, 2.45) is 0 Å². The van der Waals surface area contributed by atoms with Crippen molar-refractivity contribution >= 4 is 24.2 Å². The molecule has 0 saturated carbocycles. The maximum Gasteiger partial charge on any atom is 0.247 e. The molecule has 1 aromatic carbocycles. The van der Waals surface area contributed by atoms with Gasteiger partial charge in [0.05, 0.1) is 13.2 Å². The van der Waals surface area contributed by atoms with Gasteiger partial charge in [0, 0.05) is 32.1 Å². The molecule has 7 heteroatoms. The number of hydrogen-bond donors (Lipinski definition) is 2. The molecule has 2 aliphatic heterocycles. The first kappa shape index (κ1) is 17.7. The van der Waals surface area contributed by atoms with E-state index in [4.69, 9.17) is 4.74 Å². The fourth-order valence-corrected chi connectivity index (χ4v) is 2.98. The van der Waals surface area contributed by atoms with Crippen LogP contribution in [0.3, 0.4) is 0 Å². The Morgan fingerprint density at radius 1 is 1.26 bits per heavy atom. The van der Waals surface area contributed by atoms with Crippen molar-refractivity contribution in [2.45, 2.75) is 18.5 Å². The van der Waals surface area contributed by atoms with E-state index in [0.717, 1.165) is 12.1 Å². The van der Waals surface area contributed by atoms with Crippen molar-refractivity contribution in [3.63, 3.8) is 0 Å². The summed E-state index contributed by atoms with van der Waals surface area (Å²) in [6, 6.07) is 8.94. The van der Waals surface area contributed by atoms with Gasteiger partial charge in [-0.25, -0.2) is 0 Å². The van der Waals surface area contributed by atoms with Gasteiger partial charge in [-0.3, -0.25) is 9.59 Å². The van der Waals surface area contributed by atoms with Gasteiger partial charge in [-0.05, 0) is 5.56 Å². The molecule has 126 valence electrons. The molecule has 2 saturated heterocycles. The Labute approximate surface area is 142 Å². The number of nitrogens with one attached hydrogen (secondary N) is 2. The van der Waals surface area contributed by atoms with Gasteiger partial charge in [0.25, 0.3) is 0 Å². The minimum Gasteiger partial charge on any atom is -0.378 e. The number of carbonyl (C=O) groups excluding carboxylic acids is 2. The largest absolute Gasteiger partial charge is 0.378 e. The maximum atomic E-state index is 12.6. The van der Waals surface area contributed by atoms with Crippen LogP contribution in [0.25, 0.3) is 0 Å². The zero-order valence-electron chi connectivity index (χ0n) is 12.9. The predicted octanol–water partition coefficient (Wildman–Crippen LogP) is 0.486. The maximum absolute atomic E-state index is 12.6. The van der Waals surface area contributed by atoms with E-state index in [1.165, 1.54) is 0 Å². The highest BCUT2D eigenvalue weighted by atomic mass is 35.5. The van der Waals surface area contributed by atoms with Crippen LogP contribution in [0.2, 0.25) is 0 Å². The first-order valence-corrected chi connectivity index (χ1v) is 7.69. The molecular weight excluding hydrogens is 318 g/mol. The van der Waals surface area contributed by atoms with Gasteiger partial charge in [-0.15, -0.1) is 12.4 Å². The van der Waals surface area contributed by atoms with Crippen molar-refractivity contribution in [1.29, 1.82) is 0 Å². The Morgan fingerprint density at radius 3 is 2.74 bits per heavy atom. The summed E-state index contributed by atoms with van der Waals surface area (Å²) in [5.41, 5.74) is 0.848. The number of morpholine rings is 1. The van der Waals surface area contributed by atoms with E-state index in [-0.39, 0.29) is 30.3 Å². The van der Waals surface area contributed by atoms with Gasteiger partial charge in [-0.2, -0.15) is 0 Å². The third-order valence-electron chi connectivity index (χ3n) is 4.07.